The number of carbonyl (C=O) groups excluding carboxylic acids is 1. The Kier molecular flexibility index (Phi) is 4.65. The maximum Gasteiger partial charge on any atom is 0.263 e. The first-order valence-corrected chi connectivity index (χ1v) is 9.03. The summed E-state index contributed by atoms with van der Waals surface area (Å²) in [6, 6.07) is 3.85. The highest BCUT2D eigenvalue weighted by molar-refractivity contribution is 7.99. The predicted octanol–water partition coefficient (Wildman–Crippen LogP) is 3.13. The lowest BCUT2D eigenvalue weighted by Gasteiger charge is -2.31. The Bertz CT molecular complexity index is 586. The minimum atomic E-state index is 0.195. The molecule has 21 heavy (non-hydrogen) atoms. The van der Waals surface area contributed by atoms with Gasteiger partial charge in [-0.05, 0) is 30.2 Å². The van der Waals surface area contributed by atoms with Crippen LogP contribution in [0.3, 0.4) is 0 Å². The zero-order valence-corrected chi connectivity index (χ0v) is 13.7. The second kappa shape index (κ2) is 6.66. The van der Waals surface area contributed by atoms with E-state index in [-0.39, 0.29) is 5.91 Å². The molecule has 1 aliphatic heterocycles. The van der Waals surface area contributed by atoms with Crippen molar-refractivity contribution in [1.29, 1.82) is 0 Å². The Hall–Kier alpha value is -1.27. The molecule has 3 rings (SSSR count). The molecule has 0 aliphatic carbocycles. The van der Waals surface area contributed by atoms with Gasteiger partial charge in [0.15, 0.2) is 5.16 Å². The smallest absolute Gasteiger partial charge is 0.263 e. The minimum absolute atomic E-state index is 0.195. The van der Waals surface area contributed by atoms with Gasteiger partial charge in [-0.25, -0.2) is 4.98 Å². The molecule has 1 fully saturated rings. The molecular weight excluding hydrogens is 302 g/mol. The highest BCUT2D eigenvalue weighted by Gasteiger charge is 2.24. The summed E-state index contributed by atoms with van der Waals surface area (Å²) in [5.41, 5.74) is 0. The molecule has 0 bridgehead atoms. The van der Waals surface area contributed by atoms with Crippen molar-refractivity contribution in [2.75, 3.05) is 18.8 Å². The number of hydrogen-bond acceptors (Lipinski definition) is 4. The van der Waals surface area contributed by atoms with Gasteiger partial charge in [-0.15, -0.1) is 11.3 Å². The van der Waals surface area contributed by atoms with Crippen LogP contribution in [0.15, 0.2) is 35.1 Å². The molecule has 2 aromatic rings. The molecule has 1 aliphatic rings. The topological polar surface area (TPSA) is 38.1 Å². The van der Waals surface area contributed by atoms with Crippen LogP contribution in [0.5, 0.6) is 0 Å². The number of likely N-dealkylation sites (tertiary alicyclic amines) is 1. The average molecular weight is 321 g/mol. The van der Waals surface area contributed by atoms with E-state index in [0.717, 1.165) is 41.7 Å². The van der Waals surface area contributed by atoms with Crippen LogP contribution in [0.25, 0.3) is 0 Å². The van der Waals surface area contributed by atoms with Crippen LogP contribution in [0.4, 0.5) is 0 Å². The lowest BCUT2D eigenvalue weighted by Crippen LogP contribution is -2.38. The fourth-order valence-electron chi connectivity index (χ4n) is 2.54. The summed E-state index contributed by atoms with van der Waals surface area (Å²) in [6.45, 7) is 1.76. The van der Waals surface area contributed by atoms with Gasteiger partial charge in [0.25, 0.3) is 5.91 Å². The van der Waals surface area contributed by atoms with Crippen molar-refractivity contribution in [3.63, 3.8) is 0 Å². The van der Waals surface area contributed by atoms with Gasteiger partial charge in [0, 0.05) is 38.3 Å². The number of aromatic nitrogens is 2. The van der Waals surface area contributed by atoms with Crippen LogP contribution in [0, 0.1) is 5.92 Å². The van der Waals surface area contributed by atoms with Crippen molar-refractivity contribution in [3.05, 3.63) is 34.8 Å². The summed E-state index contributed by atoms with van der Waals surface area (Å²) in [5, 5.41) is 3.04. The van der Waals surface area contributed by atoms with Gasteiger partial charge in [0.2, 0.25) is 0 Å². The molecule has 112 valence electrons. The summed E-state index contributed by atoms with van der Waals surface area (Å²) >= 11 is 3.35. The number of carbonyl (C=O) groups is 1. The molecule has 4 nitrogen and oxygen atoms in total. The Balaban J connectivity index is 1.47. The van der Waals surface area contributed by atoms with E-state index in [1.807, 2.05) is 53.6 Å². The maximum atomic E-state index is 12.3. The summed E-state index contributed by atoms with van der Waals surface area (Å²) in [5.74, 6) is 1.96. The number of amides is 1. The molecule has 2 aromatic heterocycles. The summed E-state index contributed by atoms with van der Waals surface area (Å²) in [6.07, 6.45) is 6.00. The number of nitrogens with zero attached hydrogens (tertiary/aromatic N) is 3. The normalized spacial score (nSPS) is 16.3. The first-order valence-electron chi connectivity index (χ1n) is 7.17. The van der Waals surface area contributed by atoms with E-state index < -0.39 is 0 Å². The molecule has 1 saturated heterocycles. The summed E-state index contributed by atoms with van der Waals surface area (Å²) in [7, 11) is 2.03. The van der Waals surface area contributed by atoms with Gasteiger partial charge in [0.05, 0.1) is 4.88 Å². The third-order valence-corrected chi connectivity index (χ3v) is 6.01. The quantitative estimate of drug-likeness (QED) is 0.812. The number of thiophene rings is 1. The zero-order valence-electron chi connectivity index (χ0n) is 12.1. The lowest BCUT2D eigenvalue weighted by atomic mass is 9.99. The third kappa shape index (κ3) is 3.49. The average Bonchev–Trinajstić information content (AvgIpc) is 3.17. The first-order chi connectivity index (χ1) is 10.2. The van der Waals surface area contributed by atoms with E-state index in [4.69, 9.17) is 0 Å². The molecular formula is C15H19N3OS2. The number of imidazole rings is 1. The molecule has 0 radical (unpaired) electrons. The van der Waals surface area contributed by atoms with Gasteiger partial charge < -0.3 is 9.47 Å². The van der Waals surface area contributed by atoms with Crippen LogP contribution in [-0.4, -0.2) is 39.2 Å². The Labute approximate surface area is 133 Å². The van der Waals surface area contributed by atoms with E-state index >= 15 is 0 Å². The largest absolute Gasteiger partial charge is 0.338 e. The second-order valence-corrected chi connectivity index (χ2v) is 7.28. The van der Waals surface area contributed by atoms with Gasteiger partial charge in [-0.1, -0.05) is 17.8 Å². The molecule has 6 heteroatoms. The van der Waals surface area contributed by atoms with Crippen molar-refractivity contribution >= 4 is 29.0 Å². The van der Waals surface area contributed by atoms with E-state index in [0.29, 0.717) is 5.92 Å². The number of hydrogen-bond donors (Lipinski definition) is 0. The Morgan fingerprint density at radius 2 is 2.29 bits per heavy atom. The first kappa shape index (κ1) is 14.7. The zero-order chi connectivity index (χ0) is 14.7. The van der Waals surface area contributed by atoms with Crippen molar-refractivity contribution in [1.82, 2.24) is 14.5 Å². The maximum absolute atomic E-state index is 12.3. The van der Waals surface area contributed by atoms with Gasteiger partial charge in [0.1, 0.15) is 0 Å². The van der Waals surface area contributed by atoms with Crippen LogP contribution in [0.1, 0.15) is 22.5 Å². The molecule has 0 aromatic carbocycles. The van der Waals surface area contributed by atoms with Crippen LogP contribution in [0.2, 0.25) is 0 Å². The number of thioether (sulfide) groups is 1. The molecule has 1 amide bonds. The molecule has 0 saturated carbocycles. The van der Waals surface area contributed by atoms with Crippen molar-refractivity contribution < 1.29 is 4.79 Å². The lowest BCUT2D eigenvalue weighted by molar-refractivity contribution is 0.0703. The molecule has 3 heterocycles. The summed E-state index contributed by atoms with van der Waals surface area (Å²) < 4.78 is 2.06. The highest BCUT2D eigenvalue weighted by atomic mass is 32.2. The Morgan fingerprint density at radius 1 is 1.48 bits per heavy atom. The minimum Gasteiger partial charge on any atom is -0.338 e. The van der Waals surface area contributed by atoms with Crippen molar-refractivity contribution in [2.45, 2.75) is 18.0 Å². The van der Waals surface area contributed by atoms with E-state index in [1.54, 1.807) is 0 Å². The van der Waals surface area contributed by atoms with Gasteiger partial charge in [-0.3, -0.25) is 4.79 Å². The number of aryl methyl sites for hydroxylation is 1. The SMILES string of the molecule is Cn1ccnc1SCC1CCN(C(=O)c2cccs2)CC1. The molecule has 0 N–H and O–H groups in total. The fraction of sp³-hybridized carbons (Fsp3) is 0.467. The van der Waals surface area contributed by atoms with E-state index in [9.17, 15) is 4.79 Å². The highest BCUT2D eigenvalue weighted by Crippen LogP contribution is 2.26. The van der Waals surface area contributed by atoms with Crippen molar-refractivity contribution in [3.8, 4) is 0 Å². The van der Waals surface area contributed by atoms with Crippen LogP contribution in [-0.2, 0) is 7.05 Å². The molecule has 0 atom stereocenters. The van der Waals surface area contributed by atoms with E-state index in [2.05, 4.69) is 9.55 Å². The standard InChI is InChI=1S/C15H19N3OS2/c1-17-9-6-16-15(17)21-11-12-4-7-18(8-5-12)14(19)13-3-2-10-20-13/h2-3,6,9-10,12H,4-5,7-8,11H2,1H3. The molecule has 0 unspecified atom stereocenters. The number of piperidine rings is 1. The van der Waals surface area contributed by atoms with Crippen LogP contribution < -0.4 is 0 Å². The molecule has 0 spiro atoms. The predicted molar refractivity (Wildman–Crippen MR) is 86.9 cm³/mol. The van der Waals surface area contributed by atoms with Gasteiger partial charge in [-0.2, -0.15) is 0 Å². The monoisotopic (exact) mass is 321 g/mol. The van der Waals surface area contributed by atoms with Crippen LogP contribution >= 0.6 is 23.1 Å². The second-order valence-electron chi connectivity index (χ2n) is 5.34. The Morgan fingerprint density at radius 3 is 2.90 bits per heavy atom. The van der Waals surface area contributed by atoms with Crippen molar-refractivity contribution in [2.24, 2.45) is 13.0 Å². The third-order valence-electron chi connectivity index (χ3n) is 3.86. The fourth-order valence-corrected chi connectivity index (χ4v) is 4.35. The van der Waals surface area contributed by atoms with E-state index in [1.165, 1.54) is 11.3 Å². The van der Waals surface area contributed by atoms with Gasteiger partial charge >= 0.3 is 0 Å². The summed E-state index contributed by atoms with van der Waals surface area (Å²) in [4.78, 5) is 19.5. The number of rotatable bonds is 4.